The summed E-state index contributed by atoms with van der Waals surface area (Å²) < 4.78 is 0. The molecule has 2 unspecified atom stereocenters. The maximum absolute atomic E-state index is 12.3. The van der Waals surface area contributed by atoms with Crippen LogP contribution < -0.4 is 5.32 Å². The molecule has 3 nitrogen and oxygen atoms in total. The van der Waals surface area contributed by atoms with Crippen molar-refractivity contribution in [2.45, 2.75) is 59.4 Å². The fourth-order valence-electron chi connectivity index (χ4n) is 2.47. The van der Waals surface area contributed by atoms with Crippen LogP contribution in [0.3, 0.4) is 0 Å². The van der Waals surface area contributed by atoms with Crippen molar-refractivity contribution in [2.75, 3.05) is 19.6 Å². The molecule has 0 saturated carbocycles. The van der Waals surface area contributed by atoms with E-state index in [4.69, 9.17) is 0 Å². The minimum atomic E-state index is 0.340. The van der Waals surface area contributed by atoms with E-state index in [1.54, 1.807) is 0 Å². The molecule has 0 aromatic heterocycles. The molecule has 3 heteroatoms. The Hall–Kier alpha value is -0.570. The molecule has 1 fully saturated rings. The van der Waals surface area contributed by atoms with E-state index in [-0.39, 0.29) is 0 Å². The van der Waals surface area contributed by atoms with E-state index in [1.165, 1.54) is 12.8 Å². The van der Waals surface area contributed by atoms with Gasteiger partial charge in [-0.05, 0) is 31.2 Å². The van der Waals surface area contributed by atoms with E-state index in [1.807, 2.05) is 0 Å². The Morgan fingerprint density at radius 3 is 2.61 bits per heavy atom. The van der Waals surface area contributed by atoms with Crippen LogP contribution in [0.1, 0.15) is 53.4 Å². The zero-order valence-corrected chi connectivity index (χ0v) is 12.5. The molecule has 1 rings (SSSR count). The Bertz CT molecular complexity index is 247. The van der Waals surface area contributed by atoms with Crippen molar-refractivity contribution in [1.29, 1.82) is 0 Å². The molecule has 1 aliphatic rings. The van der Waals surface area contributed by atoms with E-state index in [2.05, 4.69) is 37.9 Å². The van der Waals surface area contributed by atoms with Gasteiger partial charge >= 0.3 is 0 Å². The van der Waals surface area contributed by atoms with Crippen molar-refractivity contribution >= 4 is 5.91 Å². The Balaban J connectivity index is 2.50. The summed E-state index contributed by atoms with van der Waals surface area (Å²) in [6.07, 6.45) is 4.25. The average Bonchev–Trinajstić information content (AvgIpc) is 2.80. The van der Waals surface area contributed by atoms with Gasteiger partial charge in [-0.3, -0.25) is 4.79 Å². The zero-order chi connectivity index (χ0) is 13.5. The van der Waals surface area contributed by atoms with Crippen LogP contribution in [0.15, 0.2) is 0 Å². The molecule has 1 N–H and O–H groups in total. The zero-order valence-electron chi connectivity index (χ0n) is 12.5. The van der Waals surface area contributed by atoms with Crippen LogP contribution >= 0.6 is 0 Å². The van der Waals surface area contributed by atoms with Gasteiger partial charge in [0, 0.05) is 25.6 Å². The normalized spacial score (nSPS) is 21.3. The first-order chi connectivity index (χ1) is 8.52. The minimum Gasteiger partial charge on any atom is -0.341 e. The molecule has 2 atom stereocenters. The SMILES string of the molecule is CCC(C)CC(=O)N(CC(C)C)CC1CCCN1. The highest BCUT2D eigenvalue weighted by Crippen LogP contribution is 2.13. The highest BCUT2D eigenvalue weighted by Gasteiger charge is 2.22. The summed E-state index contributed by atoms with van der Waals surface area (Å²) in [6, 6.07) is 0.518. The van der Waals surface area contributed by atoms with Gasteiger partial charge < -0.3 is 10.2 Å². The van der Waals surface area contributed by atoms with Crippen molar-refractivity contribution in [3.05, 3.63) is 0 Å². The van der Waals surface area contributed by atoms with Crippen molar-refractivity contribution in [3.8, 4) is 0 Å². The first-order valence-electron chi connectivity index (χ1n) is 7.54. The summed E-state index contributed by atoms with van der Waals surface area (Å²) in [5, 5.41) is 3.49. The van der Waals surface area contributed by atoms with E-state index in [0.717, 1.165) is 26.1 Å². The molecule has 1 saturated heterocycles. The molecular weight excluding hydrogens is 224 g/mol. The fourth-order valence-corrected chi connectivity index (χ4v) is 2.47. The number of rotatable bonds is 7. The van der Waals surface area contributed by atoms with Gasteiger partial charge in [-0.25, -0.2) is 0 Å². The summed E-state index contributed by atoms with van der Waals surface area (Å²) in [5.74, 6) is 1.39. The molecule has 0 bridgehead atoms. The fraction of sp³-hybridized carbons (Fsp3) is 0.933. The Kier molecular flexibility index (Phi) is 6.69. The molecule has 18 heavy (non-hydrogen) atoms. The van der Waals surface area contributed by atoms with Crippen LogP contribution in [0.5, 0.6) is 0 Å². The maximum atomic E-state index is 12.3. The number of amides is 1. The first-order valence-corrected chi connectivity index (χ1v) is 7.54. The topological polar surface area (TPSA) is 32.3 Å². The van der Waals surface area contributed by atoms with Crippen LogP contribution in [-0.2, 0) is 4.79 Å². The number of hydrogen-bond acceptors (Lipinski definition) is 2. The van der Waals surface area contributed by atoms with Crippen LogP contribution in [0.4, 0.5) is 0 Å². The van der Waals surface area contributed by atoms with E-state index in [9.17, 15) is 4.79 Å². The molecule has 106 valence electrons. The van der Waals surface area contributed by atoms with Crippen molar-refractivity contribution in [3.63, 3.8) is 0 Å². The highest BCUT2D eigenvalue weighted by atomic mass is 16.2. The van der Waals surface area contributed by atoms with Crippen LogP contribution in [-0.4, -0.2) is 36.5 Å². The average molecular weight is 254 g/mol. The predicted octanol–water partition coefficient (Wildman–Crippen LogP) is 2.66. The summed E-state index contributed by atoms with van der Waals surface area (Å²) in [5.41, 5.74) is 0. The highest BCUT2D eigenvalue weighted by molar-refractivity contribution is 5.76. The molecular formula is C15H30N2O. The monoisotopic (exact) mass is 254 g/mol. The predicted molar refractivity (Wildman–Crippen MR) is 76.5 cm³/mol. The Morgan fingerprint density at radius 2 is 2.11 bits per heavy atom. The van der Waals surface area contributed by atoms with Crippen LogP contribution in [0, 0.1) is 11.8 Å². The number of nitrogens with one attached hydrogen (secondary N) is 1. The summed E-state index contributed by atoms with van der Waals surface area (Å²) in [4.78, 5) is 14.4. The molecule has 0 aromatic carbocycles. The maximum Gasteiger partial charge on any atom is 0.222 e. The van der Waals surface area contributed by atoms with Gasteiger partial charge in [0.1, 0.15) is 0 Å². The van der Waals surface area contributed by atoms with Gasteiger partial charge in [-0.1, -0.05) is 34.1 Å². The van der Waals surface area contributed by atoms with Gasteiger partial charge in [-0.2, -0.15) is 0 Å². The van der Waals surface area contributed by atoms with Crippen molar-refractivity contribution in [1.82, 2.24) is 10.2 Å². The van der Waals surface area contributed by atoms with Crippen LogP contribution in [0.2, 0.25) is 0 Å². The summed E-state index contributed by atoms with van der Waals surface area (Å²) >= 11 is 0. The van der Waals surface area contributed by atoms with Crippen molar-refractivity contribution < 1.29 is 4.79 Å². The van der Waals surface area contributed by atoms with E-state index >= 15 is 0 Å². The number of carbonyl (C=O) groups excluding carboxylic acids is 1. The van der Waals surface area contributed by atoms with Gasteiger partial charge in [0.2, 0.25) is 5.91 Å². The second-order valence-electron chi connectivity index (χ2n) is 6.20. The molecule has 0 aliphatic carbocycles. The molecule has 1 heterocycles. The molecule has 0 aromatic rings. The standard InChI is InChI=1S/C15H30N2O/c1-5-13(4)9-15(18)17(10-12(2)3)11-14-7-6-8-16-14/h12-14,16H,5-11H2,1-4H3. The third-order valence-corrected chi connectivity index (χ3v) is 3.76. The molecule has 1 aliphatic heterocycles. The quantitative estimate of drug-likeness (QED) is 0.757. The number of hydrogen-bond donors (Lipinski definition) is 1. The van der Waals surface area contributed by atoms with E-state index in [0.29, 0.717) is 30.2 Å². The number of nitrogens with zero attached hydrogens (tertiary/aromatic N) is 1. The lowest BCUT2D eigenvalue weighted by Gasteiger charge is -2.28. The smallest absolute Gasteiger partial charge is 0.222 e. The van der Waals surface area contributed by atoms with E-state index < -0.39 is 0 Å². The van der Waals surface area contributed by atoms with Gasteiger partial charge in [0.25, 0.3) is 0 Å². The minimum absolute atomic E-state index is 0.340. The Labute approximate surface area is 112 Å². The van der Waals surface area contributed by atoms with Gasteiger partial charge in [-0.15, -0.1) is 0 Å². The lowest BCUT2D eigenvalue weighted by molar-refractivity contribution is -0.133. The number of carbonyl (C=O) groups is 1. The molecule has 0 spiro atoms. The first kappa shape index (κ1) is 15.5. The molecule has 1 amide bonds. The largest absolute Gasteiger partial charge is 0.341 e. The summed E-state index contributed by atoms with van der Waals surface area (Å²) in [6.45, 7) is 11.6. The van der Waals surface area contributed by atoms with Gasteiger partial charge in [0.05, 0.1) is 0 Å². The third kappa shape index (κ3) is 5.38. The Morgan fingerprint density at radius 1 is 1.39 bits per heavy atom. The van der Waals surface area contributed by atoms with Crippen molar-refractivity contribution in [2.24, 2.45) is 11.8 Å². The lowest BCUT2D eigenvalue weighted by Crippen LogP contribution is -2.43. The van der Waals surface area contributed by atoms with Gasteiger partial charge in [0.15, 0.2) is 0 Å². The second-order valence-corrected chi connectivity index (χ2v) is 6.20. The summed E-state index contributed by atoms with van der Waals surface area (Å²) in [7, 11) is 0. The second kappa shape index (κ2) is 7.78. The lowest BCUT2D eigenvalue weighted by atomic mass is 10.0. The third-order valence-electron chi connectivity index (χ3n) is 3.76. The van der Waals surface area contributed by atoms with Crippen LogP contribution in [0.25, 0.3) is 0 Å². The molecule has 0 radical (unpaired) electrons.